The molecule has 0 radical (unpaired) electrons. The minimum absolute atomic E-state index is 0.125. The Morgan fingerprint density at radius 2 is 2.18 bits per heavy atom. The normalized spacial score (nSPS) is 14.8. The summed E-state index contributed by atoms with van der Waals surface area (Å²) in [6, 6.07) is 0. The molecule has 0 fully saturated rings. The Morgan fingerprint density at radius 3 is 2.71 bits per heavy atom. The van der Waals surface area contributed by atoms with Crippen LogP contribution in [0.5, 0.6) is 0 Å². The van der Waals surface area contributed by atoms with Gasteiger partial charge in [0.25, 0.3) is 0 Å². The van der Waals surface area contributed by atoms with Crippen molar-refractivity contribution in [2.75, 3.05) is 0 Å². The van der Waals surface area contributed by atoms with Crippen LogP contribution in [-0.2, 0) is 27.9 Å². The third-order valence-corrected chi connectivity index (χ3v) is 3.78. The number of nitrogens with zero attached hydrogens (tertiary/aromatic N) is 3. The van der Waals surface area contributed by atoms with Gasteiger partial charge < -0.3 is 5.11 Å². The van der Waals surface area contributed by atoms with E-state index < -0.39 is 22.0 Å². The highest BCUT2D eigenvalue weighted by Gasteiger charge is 2.21. The summed E-state index contributed by atoms with van der Waals surface area (Å²) in [5.74, 6) is 0.0457. The third kappa shape index (κ3) is 3.92. The van der Waals surface area contributed by atoms with Gasteiger partial charge in [-0.15, -0.1) is 0 Å². The molecule has 0 amide bonds. The molecule has 0 aliphatic heterocycles. The Kier molecular flexibility index (Phi) is 4.80. The highest BCUT2D eigenvalue weighted by molar-refractivity contribution is 7.85. The van der Waals surface area contributed by atoms with Crippen molar-refractivity contribution in [1.29, 1.82) is 0 Å². The van der Waals surface area contributed by atoms with Crippen molar-refractivity contribution in [2.45, 2.75) is 38.3 Å². The fourth-order valence-corrected chi connectivity index (χ4v) is 2.22. The van der Waals surface area contributed by atoms with E-state index in [2.05, 4.69) is 10.1 Å². The molecule has 0 aromatic carbocycles. The van der Waals surface area contributed by atoms with Crippen LogP contribution in [0.3, 0.4) is 0 Å². The van der Waals surface area contributed by atoms with Gasteiger partial charge in [-0.3, -0.25) is 9.00 Å². The highest BCUT2D eigenvalue weighted by atomic mass is 32.2. The van der Waals surface area contributed by atoms with Gasteiger partial charge in [-0.25, -0.2) is 9.67 Å². The lowest BCUT2D eigenvalue weighted by molar-refractivity contribution is -0.136. The lowest BCUT2D eigenvalue weighted by atomic mass is 10.2. The molecule has 17 heavy (non-hydrogen) atoms. The summed E-state index contributed by atoms with van der Waals surface area (Å²) in [6.45, 7) is 6.21. The van der Waals surface area contributed by atoms with Crippen molar-refractivity contribution >= 4 is 16.8 Å². The van der Waals surface area contributed by atoms with Crippen LogP contribution < -0.4 is 0 Å². The number of aromatic nitrogens is 3. The lowest BCUT2D eigenvalue weighted by Crippen LogP contribution is -2.24. The van der Waals surface area contributed by atoms with E-state index in [4.69, 9.17) is 5.11 Å². The van der Waals surface area contributed by atoms with Gasteiger partial charge >= 0.3 is 5.97 Å². The number of carbonyl (C=O) groups is 1. The summed E-state index contributed by atoms with van der Waals surface area (Å²) in [5.41, 5.74) is 0. The van der Waals surface area contributed by atoms with Gasteiger partial charge in [0.1, 0.15) is 17.4 Å². The van der Waals surface area contributed by atoms with E-state index in [-0.39, 0.29) is 5.75 Å². The molecule has 0 aliphatic carbocycles. The molecular formula is C10H17N3O3S. The minimum Gasteiger partial charge on any atom is -0.480 e. The molecule has 0 bridgehead atoms. The predicted molar refractivity (Wildman–Crippen MR) is 63.8 cm³/mol. The summed E-state index contributed by atoms with van der Waals surface area (Å²) in [7, 11) is -1.47. The first kappa shape index (κ1) is 13.8. The topological polar surface area (TPSA) is 85.1 Å². The SMILES string of the molecule is CC(C)Cn1ncnc1CS(=O)C(C)C(=O)O. The molecule has 2 unspecified atom stereocenters. The van der Waals surface area contributed by atoms with Crippen LogP contribution in [-0.4, -0.2) is 35.3 Å². The van der Waals surface area contributed by atoms with Crippen LogP contribution in [0, 0.1) is 5.92 Å². The van der Waals surface area contributed by atoms with Crippen molar-refractivity contribution in [3.63, 3.8) is 0 Å². The van der Waals surface area contributed by atoms with E-state index in [9.17, 15) is 9.00 Å². The fourth-order valence-electron chi connectivity index (χ4n) is 1.26. The molecule has 96 valence electrons. The van der Waals surface area contributed by atoms with Crippen molar-refractivity contribution < 1.29 is 14.1 Å². The first-order chi connectivity index (χ1) is 7.91. The van der Waals surface area contributed by atoms with Crippen LogP contribution in [0.1, 0.15) is 26.6 Å². The Balaban J connectivity index is 2.72. The fraction of sp³-hybridized carbons (Fsp3) is 0.700. The van der Waals surface area contributed by atoms with Gasteiger partial charge in [-0.2, -0.15) is 5.10 Å². The molecule has 0 spiro atoms. The Bertz CT molecular complexity index is 417. The average molecular weight is 259 g/mol. The quantitative estimate of drug-likeness (QED) is 0.811. The van der Waals surface area contributed by atoms with E-state index in [1.165, 1.54) is 13.3 Å². The van der Waals surface area contributed by atoms with Gasteiger partial charge in [0, 0.05) is 17.3 Å². The van der Waals surface area contributed by atoms with E-state index in [0.29, 0.717) is 18.3 Å². The molecule has 0 saturated carbocycles. The van der Waals surface area contributed by atoms with E-state index in [1.807, 2.05) is 13.8 Å². The smallest absolute Gasteiger partial charge is 0.318 e. The second-order valence-corrected chi connectivity index (χ2v) is 6.02. The van der Waals surface area contributed by atoms with E-state index in [1.54, 1.807) is 4.68 Å². The molecule has 1 heterocycles. The average Bonchev–Trinajstić information content (AvgIpc) is 2.63. The van der Waals surface area contributed by atoms with E-state index in [0.717, 1.165) is 0 Å². The van der Waals surface area contributed by atoms with Crippen LogP contribution in [0.25, 0.3) is 0 Å². The number of carboxylic acid groups (broad SMARTS) is 1. The number of hydrogen-bond acceptors (Lipinski definition) is 4. The van der Waals surface area contributed by atoms with Crippen LogP contribution in [0.4, 0.5) is 0 Å². The summed E-state index contributed by atoms with van der Waals surface area (Å²) < 4.78 is 13.4. The first-order valence-electron chi connectivity index (χ1n) is 5.38. The minimum atomic E-state index is -1.47. The second-order valence-electron chi connectivity index (χ2n) is 4.26. The summed E-state index contributed by atoms with van der Waals surface area (Å²) in [6.07, 6.45) is 1.40. The van der Waals surface area contributed by atoms with Gasteiger partial charge in [-0.05, 0) is 12.8 Å². The molecule has 0 saturated heterocycles. The Hall–Kier alpha value is -1.24. The Labute approximate surface area is 103 Å². The number of aliphatic carboxylic acids is 1. The van der Waals surface area contributed by atoms with Crippen LogP contribution >= 0.6 is 0 Å². The zero-order chi connectivity index (χ0) is 13.0. The zero-order valence-corrected chi connectivity index (χ0v) is 11.0. The molecule has 1 aromatic heterocycles. The molecule has 1 aromatic rings. The largest absolute Gasteiger partial charge is 0.480 e. The van der Waals surface area contributed by atoms with E-state index >= 15 is 0 Å². The number of rotatable bonds is 6. The monoisotopic (exact) mass is 259 g/mol. The zero-order valence-electron chi connectivity index (χ0n) is 10.2. The van der Waals surface area contributed by atoms with Gasteiger partial charge in [-0.1, -0.05) is 13.8 Å². The van der Waals surface area contributed by atoms with Gasteiger partial charge in [0.2, 0.25) is 0 Å². The van der Waals surface area contributed by atoms with Crippen LogP contribution in [0.15, 0.2) is 6.33 Å². The van der Waals surface area contributed by atoms with Crippen molar-refractivity contribution in [2.24, 2.45) is 5.92 Å². The second kappa shape index (κ2) is 5.90. The molecule has 1 rings (SSSR count). The maximum Gasteiger partial charge on any atom is 0.318 e. The maximum atomic E-state index is 11.7. The standard InChI is InChI=1S/C10H17N3O3S/c1-7(2)4-13-9(11-6-12-13)5-17(16)8(3)10(14)15/h6-8H,4-5H2,1-3H3,(H,14,15). The molecule has 7 heteroatoms. The summed E-state index contributed by atoms with van der Waals surface area (Å²) in [5, 5.41) is 11.9. The third-order valence-electron chi connectivity index (χ3n) is 2.25. The number of carboxylic acids is 1. The van der Waals surface area contributed by atoms with Gasteiger partial charge in [0.15, 0.2) is 0 Å². The van der Waals surface area contributed by atoms with Crippen molar-refractivity contribution in [3.8, 4) is 0 Å². The van der Waals surface area contributed by atoms with Crippen molar-refractivity contribution in [3.05, 3.63) is 12.2 Å². The van der Waals surface area contributed by atoms with Crippen molar-refractivity contribution in [1.82, 2.24) is 14.8 Å². The molecule has 1 N–H and O–H groups in total. The Morgan fingerprint density at radius 1 is 1.53 bits per heavy atom. The van der Waals surface area contributed by atoms with Gasteiger partial charge in [0.05, 0.1) is 5.75 Å². The first-order valence-corrected chi connectivity index (χ1v) is 6.76. The predicted octanol–water partition coefficient (Wildman–Crippen LogP) is 0.656. The molecular weight excluding hydrogens is 242 g/mol. The lowest BCUT2D eigenvalue weighted by Gasteiger charge is -2.09. The maximum absolute atomic E-state index is 11.7. The highest BCUT2D eigenvalue weighted by Crippen LogP contribution is 2.07. The molecule has 6 nitrogen and oxygen atoms in total. The van der Waals surface area contributed by atoms with Crippen LogP contribution in [0.2, 0.25) is 0 Å². The number of hydrogen-bond donors (Lipinski definition) is 1. The molecule has 0 aliphatic rings. The summed E-state index contributed by atoms with van der Waals surface area (Å²) in [4.78, 5) is 14.7. The summed E-state index contributed by atoms with van der Waals surface area (Å²) >= 11 is 0. The molecule has 2 atom stereocenters.